The van der Waals surface area contributed by atoms with Crippen LogP contribution in [0.4, 0.5) is 0 Å². The highest BCUT2D eigenvalue weighted by molar-refractivity contribution is 6.71. The van der Waals surface area contributed by atoms with Crippen molar-refractivity contribution in [3.63, 3.8) is 0 Å². The van der Waals surface area contributed by atoms with Crippen LogP contribution in [0.2, 0.25) is 19.6 Å². The van der Waals surface area contributed by atoms with Gasteiger partial charge in [0, 0.05) is 0 Å². The second-order valence-electron chi connectivity index (χ2n) is 4.61. The van der Waals surface area contributed by atoms with Crippen LogP contribution in [0, 0.1) is 0 Å². The standard InChI is InChI=1S/C12H18O3Si/c1-10(12(13)15-16(2,3)4)14-11-8-6-5-7-9-11/h5-10H,1-4H3. The van der Waals surface area contributed by atoms with Crippen LogP contribution in [0.5, 0.6) is 5.75 Å². The van der Waals surface area contributed by atoms with Crippen LogP contribution in [0.25, 0.3) is 0 Å². The summed E-state index contributed by atoms with van der Waals surface area (Å²) in [7, 11) is -1.83. The van der Waals surface area contributed by atoms with E-state index in [2.05, 4.69) is 0 Å². The van der Waals surface area contributed by atoms with Gasteiger partial charge in [0.15, 0.2) is 6.10 Å². The van der Waals surface area contributed by atoms with Gasteiger partial charge in [-0.1, -0.05) is 18.2 Å². The maximum absolute atomic E-state index is 11.7. The van der Waals surface area contributed by atoms with Gasteiger partial charge in [0.25, 0.3) is 0 Å². The summed E-state index contributed by atoms with van der Waals surface area (Å²) >= 11 is 0. The van der Waals surface area contributed by atoms with Crippen molar-refractivity contribution in [3.8, 4) is 5.75 Å². The van der Waals surface area contributed by atoms with Crippen molar-refractivity contribution < 1.29 is 14.0 Å². The Morgan fingerprint density at radius 1 is 1.19 bits per heavy atom. The third-order valence-corrected chi connectivity index (χ3v) is 2.61. The summed E-state index contributed by atoms with van der Waals surface area (Å²) in [6, 6.07) is 9.27. The van der Waals surface area contributed by atoms with Crippen molar-refractivity contribution >= 4 is 14.3 Å². The number of ether oxygens (including phenoxy) is 1. The molecular formula is C12H18O3Si. The van der Waals surface area contributed by atoms with Gasteiger partial charge in [-0.25, -0.2) is 4.79 Å². The van der Waals surface area contributed by atoms with Gasteiger partial charge >= 0.3 is 5.97 Å². The first-order chi connectivity index (χ1) is 7.38. The fraction of sp³-hybridized carbons (Fsp3) is 0.417. The van der Waals surface area contributed by atoms with E-state index < -0.39 is 14.4 Å². The highest BCUT2D eigenvalue weighted by Crippen LogP contribution is 2.13. The maximum atomic E-state index is 11.7. The summed E-state index contributed by atoms with van der Waals surface area (Å²) in [5, 5.41) is 0. The summed E-state index contributed by atoms with van der Waals surface area (Å²) in [6.45, 7) is 7.62. The topological polar surface area (TPSA) is 35.5 Å². The monoisotopic (exact) mass is 238 g/mol. The molecule has 88 valence electrons. The summed E-state index contributed by atoms with van der Waals surface area (Å²) < 4.78 is 10.8. The molecule has 16 heavy (non-hydrogen) atoms. The van der Waals surface area contributed by atoms with Gasteiger partial charge in [0.05, 0.1) is 0 Å². The van der Waals surface area contributed by atoms with E-state index in [0.717, 1.165) is 0 Å². The Morgan fingerprint density at radius 2 is 1.75 bits per heavy atom. The smallest absolute Gasteiger partial charge is 0.333 e. The van der Waals surface area contributed by atoms with Gasteiger partial charge in [0.2, 0.25) is 8.32 Å². The molecule has 0 heterocycles. The zero-order valence-electron chi connectivity index (χ0n) is 10.2. The second-order valence-corrected chi connectivity index (χ2v) is 9.04. The molecule has 3 nitrogen and oxygen atoms in total. The first-order valence-electron chi connectivity index (χ1n) is 5.33. The molecule has 1 unspecified atom stereocenters. The molecule has 0 fully saturated rings. The van der Waals surface area contributed by atoms with Crippen LogP contribution in [0.15, 0.2) is 30.3 Å². The molecule has 0 spiro atoms. The van der Waals surface area contributed by atoms with Crippen LogP contribution >= 0.6 is 0 Å². The van der Waals surface area contributed by atoms with Gasteiger partial charge in [-0.2, -0.15) is 0 Å². The highest BCUT2D eigenvalue weighted by Gasteiger charge is 2.24. The molecule has 0 aromatic heterocycles. The lowest BCUT2D eigenvalue weighted by molar-refractivity contribution is -0.142. The molecule has 0 amide bonds. The lowest BCUT2D eigenvalue weighted by atomic mass is 10.3. The Labute approximate surface area is 97.5 Å². The van der Waals surface area contributed by atoms with Gasteiger partial charge in [-0.15, -0.1) is 0 Å². The zero-order chi connectivity index (χ0) is 12.2. The molecule has 0 aliphatic carbocycles. The molecule has 0 bridgehead atoms. The number of hydrogen-bond acceptors (Lipinski definition) is 3. The van der Waals surface area contributed by atoms with Gasteiger partial charge < -0.3 is 9.16 Å². The van der Waals surface area contributed by atoms with Crippen LogP contribution in [0.1, 0.15) is 6.92 Å². The minimum atomic E-state index is -1.83. The third-order valence-electron chi connectivity index (χ3n) is 1.79. The number of para-hydroxylation sites is 1. The van der Waals surface area contributed by atoms with E-state index in [1.54, 1.807) is 6.92 Å². The quantitative estimate of drug-likeness (QED) is 0.757. The minimum absolute atomic E-state index is 0.289. The molecule has 1 atom stereocenters. The molecule has 1 aromatic carbocycles. The fourth-order valence-electron chi connectivity index (χ4n) is 1.14. The third kappa shape index (κ3) is 4.48. The van der Waals surface area contributed by atoms with E-state index in [4.69, 9.17) is 9.16 Å². The molecule has 1 rings (SSSR count). The summed E-state index contributed by atoms with van der Waals surface area (Å²) in [6.07, 6.45) is -0.561. The molecule has 0 saturated carbocycles. The summed E-state index contributed by atoms with van der Waals surface area (Å²) in [5.74, 6) is 0.394. The first-order valence-corrected chi connectivity index (χ1v) is 8.74. The molecule has 0 aliphatic rings. The number of benzene rings is 1. The van der Waals surface area contributed by atoms with Crippen molar-refractivity contribution in [2.24, 2.45) is 0 Å². The molecule has 4 heteroatoms. The average molecular weight is 238 g/mol. The van der Waals surface area contributed by atoms with Crippen LogP contribution < -0.4 is 4.74 Å². The molecule has 0 N–H and O–H groups in total. The molecule has 0 saturated heterocycles. The van der Waals surface area contributed by atoms with E-state index in [1.165, 1.54) is 0 Å². The van der Waals surface area contributed by atoms with Crippen LogP contribution in [-0.2, 0) is 9.22 Å². The largest absolute Gasteiger partial charge is 0.517 e. The van der Waals surface area contributed by atoms with Crippen molar-refractivity contribution in [1.29, 1.82) is 0 Å². The predicted octanol–water partition coefficient (Wildman–Crippen LogP) is 2.83. The predicted molar refractivity (Wildman–Crippen MR) is 66.0 cm³/mol. The zero-order valence-corrected chi connectivity index (χ0v) is 11.2. The highest BCUT2D eigenvalue weighted by atomic mass is 28.4. The normalized spacial score (nSPS) is 13.0. The number of carbonyl (C=O) groups is 1. The number of hydrogen-bond donors (Lipinski definition) is 0. The van der Waals surface area contributed by atoms with E-state index in [9.17, 15) is 4.79 Å². The van der Waals surface area contributed by atoms with E-state index in [0.29, 0.717) is 5.75 Å². The van der Waals surface area contributed by atoms with Crippen molar-refractivity contribution in [3.05, 3.63) is 30.3 Å². The minimum Gasteiger partial charge on any atom is -0.517 e. The summed E-state index contributed by atoms with van der Waals surface area (Å²) in [5.41, 5.74) is 0. The van der Waals surface area contributed by atoms with Gasteiger partial charge in [0.1, 0.15) is 5.75 Å². The molecular weight excluding hydrogens is 220 g/mol. The van der Waals surface area contributed by atoms with Crippen LogP contribution in [0.3, 0.4) is 0 Å². The van der Waals surface area contributed by atoms with Crippen molar-refractivity contribution in [2.45, 2.75) is 32.7 Å². The van der Waals surface area contributed by atoms with Gasteiger partial charge in [-0.05, 0) is 38.7 Å². The first kappa shape index (κ1) is 12.8. The maximum Gasteiger partial charge on any atom is 0.333 e. The van der Waals surface area contributed by atoms with E-state index in [-0.39, 0.29) is 5.97 Å². The Hall–Kier alpha value is -1.29. The lowest BCUT2D eigenvalue weighted by Gasteiger charge is -2.21. The number of rotatable bonds is 4. The van der Waals surface area contributed by atoms with Crippen LogP contribution in [-0.4, -0.2) is 20.4 Å². The SMILES string of the molecule is CC(Oc1ccccc1)C(=O)O[Si](C)(C)C. The average Bonchev–Trinajstić information content (AvgIpc) is 2.16. The Morgan fingerprint density at radius 3 is 2.25 bits per heavy atom. The van der Waals surface area contributed by atoms with Crippen molar-refractivity contribution in [2.75, 3.05) is 0 Å². The second kappa shape index (κ2) is 5.16. The molecule has 1 aromatic rings. The Balaban J connectivity index is 2.53. The Bertz CT molecular complexity index is 343. The Kier molecular flexibility index (Phi) is 4.12. The number of carbonyl (C=O) groups excluding carboxylic acids is 1. The van der Waals surface area contributed by atoms with E-state index >= 15 is 0 Å². The molecule has 0 radical (unpaired) electrons. The fourth-order valence-corrected chi connectivity index (χ4v) is 1.91. The van der Waals surface area contributed by atoms with Crippen molar-refractivity contribution in [1.82, 2.24) is 0 Å². The van der Waals surface area contributed by atoms with Gasteiger partial charge in [-0.3, -0.25) is 0 Å². The van der Waals surface area contributed by atoms with E-state index in [1.807, 2.05) is 50.0 Å². The summed E-state index contributed by atoms with van der Waals surface area (Å²) in [4.78, 5) is 11.7. The lowest BCUT2D eigenvalue weighted by Crippen LogP contribution is -2.36. The molecule has 0 aliphatic heterocycles.